The van der Waals surface area contributed by atoms with Gasteiger partial charge in [0.2, 0.25) is 5.91 Å². The number of thioether (sulfide) groups is 1. The molecule has 0 aliphatic rings. The zero-order chi connectivity index (χ0) is 23.2. The second-order valence-corrected chi connectivity index (χ2v) is 8.30. The van der Waals surface area contributed by atoms with E-state index in [1.54, 1.807) is 12.1 Å². The summed E-state index contributed by atoms with van der Waals surface area (Å²) in [5.41, 5.74) is 1.38. The number of benzene rings is 3. The summed E-state index contributed by atoms with van der Waals surface area (Å²) in [6, 6.07) is 19.4. The number of halogens is 2. The Kier molecular flexibility index (Phi) is 7.04. The van der Waals surface area contributed by atoms with Crippen LogP contribution in [0, 0.1) is 11.6 Å². The molecule has 0 atom stereocenters. The molecule has 0 saturated carbocycles. The highest BCUT2D eigenvalue weighted by Crippen LogP contribution is 2.30. The predicted octanol–water partition coefficient (Wildman–Crippen LogP) is 5.08. The SMILES string of the molecule is O=C(CSc1cn(CCNC(=O)c2ccccc2F)c2ccccc12)Nc1cccc(F)c1. The van der Waals surface area contributed by atoms with Crippen LogP contribution in [0.4, 0.5) is 14.5 Å². The van der Waals surface area contributed by atoms with E-state index in [0.29, 0.717) is 18.8 Å². The average Bonchev–Trinajstić information content (AvgIpc) is 3.16. The van der Waals surface area contributed by atoms with Gasteiger partial charge in [0, 0.05) is 40.8 Å². The van der Waals surface area contributed by atoms with E-state index in [0.717, 1.165) is 15.8 Å². The number of anilines is 1. The minimum atomic E-state index is -0.559. The van der Waals surface area contributed by atoms with Crippen molar-refractivity contribution < 1.29 is 18.4 Å². The van der Waals surface area contributed by atoms with Gasteiger partial charge in [-0.1, -0.05) is 36.4 Å². The van der Waals surface area contributed by atoms with E-state index < -0.39 is 17.5 Å². The molecule has 0 aliphatic heterocycles. The van der Waals surface area contributed by atoms with Gasteiger partial charge in [-0.2, -0.15) is 0 Å². The predicted molar refractivity (Wildman–Crippen MR) is 126 cm³/mol. The van der Waals surface area contributed by atoms with Gasteiger partial charge in [0.25, 0.3) is 5.91 Å². The Labute approximate surface area is 193 Å². The van der Waals surface area contributed by atoms with Gasteiger partial charge in [-0.05, 0) is 36.4 Å². The molecule has 2 N–H and O–H groups in total. The molecule has 1 heterocycles. The Balaban J connectivity index is 1.39. The van der Waals surface area contributed by atoms with Crippen molar-refractivity contribution in [3.05, 3.63) is 96.2 Å². The minimum absolute atomic E-state index is 0.00965. The maximum Gasteiger partial charge on any atom is 0.254 e. The summed E-state index contributed by atoms with van der Waals surface area (Å²) < 4.78 is 29.1. The third kappa shape index (κ3) is 5.59. The van der Waals surface area contributed by atoms with E-state index in [1.165, 1.54) is 48.2 Å². The highest BCUT2D eigenvalue weighted by molar-refractivity contribution is 8.00. The van der Waals surface area contributed by atoms with E-state index in [2.05, 4.69) is 10.6 Å². The van der Waals surface area contributed by atoms with Crippen LogP contribution in [0.25, 0.3) is 10.9 Å². The van der Waals surface area contributed by atoms with Crippen LogP contribution < -0.4 is 10.6 Å². The summed E-state index contributed by atoms with van der Waals surface area (Å²) in [5, 5.41) is 6.42. The van der Waals surface area contributed by atoms with Crippen molar-refractivity contribution in [3.8, 4) is 0 Å². The number of nitrogens with one attached hydrogen (secondary N) is 2. The summed E-state index contributed by atoms with van der Waals surface area (Å²) in [7, 11) is 0. The number of carbonyl (C=O) groups is 2. The summed E-state index contributed by atoms with van der Waals surface area (Å²) >= 11 is 1.38. The monoisotopic (exact) mass is 465 g/mol. The van der Waals surface area contributed by atoms with Crippen molar-refractivity contribution in [2.24, 2.45) is 0 Å². The third-order valence-corrected chi connectivity index (χ3v) is 6.02. The lowest BCUT2D eigenvalue weighted by Crippen LogP contribution is -2.27. The first-order chi connectivity index (χ1) is 16.0. The van der Waals surface area contributed by atoms with Crippen LogP contribution in [-0.2, 0) is 11.3 Å². The molecule has 2 amide bonds. The molecule has 0 saturated heterocycles. The lowest BCUT2D eigenvalue weighted by Gasteiger charge is -2.08. The minimum Gasteiger partial charge on any atom is -0.350 e. The molecule has 5 nitrogen and oxygen atoms in total. The van der Waals surface area contributed by atoms with E-state index in [1.807, 2.05) is 35.0 Å². The van der Waals surface area contributed by atoms with E-state index >= 15 is 0 Å². The Morgan fingerprint density at radius 2 is 1.73 bits per heavy atom. The highest BCUT2D eigenvalue weighted by atomic mass is 32.2. The van der Waals surface area contributed by atoms with Gasteiger partial charge in [0.15, 0.2) is 0 Å². The van der Waals surface area contributed by atoms with Crippen molar-refractivity contribution in [2.75, 3.05) is 17.6 Å². The fourth-order valence-corrected chi connectivity index (χ4v) is 4.34. The summed E-state index contributed by atoms with van der Waals surface area (Å²) in [6.07, 6.45) is 1.93. The smallest absolute Gasteiger partial charge is 0.254 e. The largest absolute Gasteiger partial charge is 0.350 e. The van der Waals surface area contributed by atoms with Crippen molar-refractivity contribution in [1.29, 1.82) is 0 Å². The number of nitrogens with zero attached hydrogens (tertiary/aromatic N) is 1. The molecule has 0 aliphatic carbocycles. The fraction of sp³-hybridized carbons (Fsp3) is 0.120. The zero-order valence-corrected chi connectivity index (χ0v) is 18.4. The molecule has 0 unspecified atom stereocenters. The molecular formula is C25H21F2N3O2S. The van der Waals surface area contributed by atoms with Gasteiger partial charge < -0.3 is 15.2 Å². The number of rotatable bonds is 8. The van der Waals surface area contributed by atoms with Gasteiger partial charge >= 0.3 is 0 Å². The number of para-hydroxylation sites is 1. The molecule has 4 aromatic rings. The Morgan fingerprint density at radius 3 is 2.55 bits per heavy atom. The van der Waals surface area contributed by atoms with Crippen molar-refractivity contribution >= 4 is 40.2 Å². The number of hydrogen-bond donors (Lipinski definition) is 2. The number of aromatic nitrogens is 1. The first kappa shape index (κ1) is 22.5. The maximum absolute atomic E-state index is 13.8. The first-order valence-electron chi connectivity index (χ1n) is 10.3. The second-order valence-electron chi connectivity index (χ2n) is 7.29. The molecule has 0 bridgehead atoms. The van der Waals surface area contributed by atoms with E-state index in [4.69, 9.17) is 0 Å². The zero-order valence-electron chi connectivity index (χ0n) is 17.6. The van der Waals surface area contributed by atoms with Crippen LogP contribution in [-0.4, -0.2) is 28.7 Å². The van der Waals surface area contributed by atoms with E-state index in [9.17, 15) is 18.4 Å². The fourth-order valence-electron chi connectivity index (χ4n) is 3.45. The Bertz CT molecular complexity index is 1310. The molecule has 1 aromatic heterocycles. The number of amides is 2. The van der Waals surface area contributed by atoms with Crippen molar-refractivity contribution in [1.82, 2.24) is 9.88 Å². The van der Waals surface area contributed by atoms with Gasteiger partial charge in [0.1, 0.15) is 11.6 Å². The Morgan fingerprint density at radius 1 is 0.939 bits per heavy atom. The summed E-state index contributed by atoms with van der Waals surface area (Å²) in [6.45, 7) is 0.798. The number of carbonyl (C=O) groups excluding carboxylic acids is 2. The standard InChI is InChI=1S/C25H21F2N3O2S/c26-17-6-5-7-18(14-17)29-24(31)16-33-23-15-30(22-11-4-2-9-20(22)23)13-12-28-25(32)19-8-1-3-10-21(19)27/h1-11,14-15H,12-13,16H2,(H,28,32)(H,29,31). The van der Waals surface area contributed by atoms with Crippen molar-refractivity contribution in [3.63, 3.8) is 0 Å². The summed E-state index contributed by atoms with van der Waals surface area (Å²) in [5.74, 6) is -1.51. The molecule has 33 heavy (non-hydrogen) atoms. The van der Waals surface area contributed by atoms with Crippen LogP contribution in [0.15, 0.2) is 83.9 Å². The molecule has 168 valence electrons. The Hall–Kier alpha value is -3.65. The molecule has 8 heteroatoms. The van der Waals surface area contributed by atoms with Gasteiger partial charge in [-0.3, -0.25) is 9.59 Å². The normalized spacial score (nSPS) is 10.8. The van der Waals surface area contributed by atoms with Crippen molar-refractivity contribution in [2.45, 2.75) is 11.4 Å². The van der Waals surface area contributed by atoms with Gasteiger partial charge in [-0.25, -0.2) is 8.78 Å². The lowest BCUT2D eigenvalue weighted by molar-refractivity contribution is -0.113. The van der Waals surface area contributed by atoms with Gasteiger partial charge in [0.05, 0.1) is 11.3 Å². The number of hydrogen-bond acceptors (Lipinski definition) is 3. The third-order valence-electron chi connectivity index (χ3n) is 4.98. The molecule has 0 spiro atoms. The average molecular weight is 466 g/mol. The van der Waals surface area contributed by atoms with E-state index in [-0.39, 0.29) is 17.2 Å². The van der Waals surface area contributed by atoms with Crippen LogP contribution >= 0.6 is 11.8 Å². The molecule has 0 radical (unpaired) electrons. The maximum atomic E-state index is 13.8. The summed E-state index contributed by atoms with van der Waals surface area (Å²) in [4.78, 5) is 25.5. The topological polar surface area (TPSA) is 63.1 Å². The van der Waals surface area contributed by atoms with Crippen LogP contribution in [0.1, 0.15) is 10.4 Å². The lowest BCUT2D eigenvalue weighted by atomic mass is 10.2. The van der Waals surface area contributed by atoms with Crippen LogP contribution in [0.3, 0.4) is 0 Å². The quantitative estimate of drug-likeness (QED) is 0.357. The van der Waals surface area contributed by atoms with Crippen LogP contribution in [0.5, 0.6) is 0 Å². The molecule has 0 fully saturated rings. The molecule has 3 aromatic carbocycles. The number of fused-ring (bicyclic) bond motifs is 1. The molecule has 4 rings (SSSR count). The van der Waals surface area contributed by atoms with Gasteiger partial charge in [-0.15, -0.1) is 11.8 Å². The highest BCUT2D eigenvalue weighted by Gasteiger charge is 2.13. The molecular weight excluding hydrogens is 444 g/mol. The second kappa shape index (κ2) is 10.3. The van der Waals surface area contributed by atoms with Crippen LogP contribution in [0.2, 0.25) is 0 Å². The first-order valence-corrected chi connectivity index (χ1v) is 11.3.